The minimum Gasteiger partial charge on any atom is -0.491 e. The summed E-state index contributed by atoms with van der Waals surface area (Å²) >= 11 is 19.0. The Kier molecular flexibility index (Phi) is 6.82. The van der Waals surface area contributed by atoms with Gasteiger partial charge in [-0.2, -0.15) is 0 Å². The van der Waals surface area contributed by atoms with E-state index in [0.29, 0.717) is 40.4 Å². The van der Waals surface area contributed by atoms with Crippen molar-refractivity contribution < 1.29 is 14.2 Å². The van der Waals surface area contributed by atoms with Crippen LogP contribution < -0.4 is 4.74 Å². The molecule has 4 aromatic rings. The smallest absolute Gasteiger partial charge is 0.215 e. The first-order valence-electron chi connectivity index (χ1n) is 10.7. The van der Waals surface area contributed by atoms with Gasteiger partial charge in [0, 0.05) is 18.0 Å². The quantitative estimate of drug-likeness (QED) is 0.252. The molecule has 0 bridgehead atoms. The second kappa shape index (κ2) is 9.98. The average Bonchev–Trinajstić information content (AvgIpc) is 3.52. The molecule has 0 radical (unpaired) electrons. The molecule has 174 valence electrons. The van der Waals surface area contributed by atoms with E-state index in [9.17, 15) is 0 Å². The molecule has 0 aliphatic carbocycles. The van der Waals surface area contributed by atoms with Gasteiger partial charge in [-0.05, 0) is 35.4 Å². The largest absolute Gasteiger partial charge is 0.491 e. The predicted octanol–water partition coefficient (Wildman–Crippen LogP) is 6.86. The van der Waals surface area contributed by atoms with Crippen LogP contribution in [0.25, 0.3) is 11.1 Å². The van der Waals surface area contributed by atoms with Crippen LogP contribution in [-0.4, -0.2) is 28.9 Å². The average molecular weight is 516 g/mol. The zero-order chi connectivity index (χ0) is 23.5. The van der Waals surface area contributed by atoms with Crippen LogP contribution in [0.15, 0.2) is 85.5 Å². The molecule has 34 heavy (non-hydrogen) atoms. The minimum atomic E-state index is -1.16. The lowest BCUT2D eigenvalue weighted by Gasteiger charge is -2.30. The molecule has 2 atom stereocenters. The van der Waals surface area contributed by atoms with Crippen LogP contribution in [0.2, 0.25) is 15.1 Å². The van der Waals surface area contributed by atoms with E-state index >= 15 is 0 Å². The number of hydrogen-bond acceptors (Lipinski definition) is 4. The molecular formula is C26H21Cl3N2O3. The molecule has 1 saturated heterocycles. The summed E-state index contributed by atoms with van der Waals surface area (Å²) < 4.78 is 20.5. The van der Waals surface area contributed by atoms with Crippen LogP contribution in [0.4, 0.5) is 0 Å². The van der Waals surface area contributed by atoms with Gasteiger partial charge in [-0.3, -0.25) is 0 Å². The first-order valence-corrected chi connectivity index (χ1v) is 11.9. The van der Waals surface area contributed by atoms with E-state index in [1.165, 1.54) is 0 Å². The van der Waals surface area contributed by atoms with Crippen LogP contribution in [0, 0.1) is 0 Å². The summed E-state index contributed by atoms with van der Waals surface area (Å²) in [5.74, 6) is -0.403. The highest BCUT2D eigenvalue weighted by Gasteiger charge is 2.45. The number of halogens is 3. The minimum absolute atomic E-state index is 0.315. The number of benzene rings is 3. The molecule has 0 unspecified atom stereocenters. The van der Waals surface area contributed by atoms with Crippen LogP contribution in [0.3, 0.4) is 0 Å². The second-order valence-corrected chi connectivity index (χ2v) is 9.21. The van der Waals surface area contributed by atoms with Crippen molar-refractivity contribution >= 4 is 34.8 Å². The van der Waals surface area contributed by atoms with E-state index in [1.54, 1.807) is 24.7 Å². The molecule has 5 rings (SSSR count). The number of ether oxygens (including phenoxy) is 3. The standard InChI is InChI=1S/C26H21Cl3N2O3/c27-23-13-25(29)24(28)12-22(23)26(16-31-11-10-30-17-31)33-15-21(34-26)14-32-20-8-6-19(7-9-20)18-4-2-1-3-5-18/h1-13,17,21H,14-16H2/t21-,26-/m1/s1. The molecular weight excluding hydrogens is 495 g/mol. The van der Waals surface area contributed by atoms with Gasteiger partial charge in [-0.1, -0.05) is 77.3 Å². The van der Waals surface area contributed by atoms with Gasteiger partial charge in [-0.25, -0.2) is 4.98 Å². The van der Waals surface area contributed by atoms with E-state index in [-0.39, 0.29) is 6.10 Å². The molecule has 0 amide bonds. The van der Waals surface area contributed by atoms with E-state index in [4.69, 9.17) is 49.0 Å². The van der Waals surface area contributed by atoms with E-state index in [1.807, 2.05) is 53.2 Å². The lowest BCUT2D eigenvalue weighted by atomic mass is 10.1. The van der Waals surface area contributed by atoms with Gasteiger partial charge in [0.15, 0.2) is 0 Å². The van der Waals surface area contributed by atoms with E-state index in [0.717, 1.165) is 16.9 Å². The molecule has 0 spiro atoms. The van der Waals surface area contributed by atoms with Crippen molar-refractivity contribution in [3.05, 3.63) is 106 Å². The first-order chi connectivity index (χ1) is 16.5. The first kappa shape index (κ1) is 23.2. The van der Waals surface area contributed by atoms with Crippen LogP contribution in [0.5, 0.6) is 5.75 Å². The van der Waals surface area contributed by atoms with Gasteiger partial charge in [0.1, 0.15) is 18.5 Å². The summed E-state index contributed by atoms with van der Waals surface area (Å²) in [7, 11) is 0. The Bertz CT molecular complexity index is 1250. The molecule has 1 aliphatic heterocycles. The molecule has 0 N–H and O–H groups in total. The van der Waals surface area contributed by atoms with Crippen molar-refractivity contribution in [3.8, 4) is 16.9 Å². The van der Waals surface area contributed by atoms with Gasteiger partial charge in [-0.15, -0.1) is 0 Å². The van der Waals surface area contributed by atoms with Gasteiger partial charge < -0.3 is 18.8 Å². The predicted molar refractivity (Wildman–Crippen MR) is 134 cm³/mol. The molecule has 8 heteroatoms. The van der Waals surface area contributed by atoms with Crippen molar-refractivity contribution in [1.82, 2.24) is 9.55 Å². The third-order valence-corrected chi connectivity index (χ3v) is 6.66. The van der Waals surface area contributed by atoms with Crippen LogP contribution in [-0.2, 0) is 21.8 Å². The Hall–Kier alpha value is -2.54. The van der Waals surface area contributed by atoms with E-state index < -0.39 is 5.79 Å². The molecule has 2 heterocycles. The molecule has 5 nitrogen and oxygen atoms in total. The van der Waals surface area contributed by atoms with Gasteiger partial charge >= 0.3 is 0 Å². The highest BCUT2D eigenvalue weighted by molar-refractivity contribution is 6.43. The highest BCUT2D eigenvalue weighted by Crippen LogP contribution is 2.42. The number of aromatic nitrogens is 2. The van der Waals surface area contributed by atoms with Gasteiger partial charge in [0.2, 0.25) is 5.79 Å². The summed E-state index contributed by atoms with van der Waals surface area (Å²) in [4.78, 5) is 4.11. The molecule has 1 fully saturated rings. The number of imidazole rings is 1. The van der Waals surface area contributed by atoms with Crippen molar-refractivity contribution in [2.24, 2.45) is 0 Å². The third-order valence-electron chi connectivity index (χ3n) is 5.63. The Balaban J connectivity index is 1.31. The lowest BCUT2D eigenvalue weighted by Crippen LogP contribution is -2.34. The summed E-state index contributed by atoms with van der Waals surface area (Å²) in [6.45, 7) is 0.982. The summed E-state index contributed by atoms with van der Waals surface area (Å²) in [6, 6.07) is 21.5. The van der Waals surface area contributed by atoms with E-state index in [2.05, 4.69) is 17.1 Å². The molecule has 1 aromatic heterocycles. The Morgan fingerprint density at radius 1 is 0.941 bits per heavy atom. The highest BCUT2D eigenvalue weighted by atomic mass is 35.5. The lowest BCUT2D eigenvalue weighted by molar-refractivity contribution is -0.189. The summed E-state index contributed by atoms with van der Waals surface area (Å²) in [5, 5.41) is 1.15. The van der Waals surface area contributed by atoms with Crippen molar-refractivity contribution in [2.45, 2.75) is 18.4 Å². The van der Waals surface area contributed by atoms with Crippen LogP contribution in [0.1, 0.15) is 5.56 Å². The second-order valence-electron chi connectivity index (χ2n) is 7.99. The maximum atomic E-state index is 6.54. The fourth-order valence-corrected chi connectivity index (χ4v) is 4.65. The fraction of sp³-hybridized carbons (Fsp3) is 0.192. The Morgan fingerprint density at radius 3 is 2.41 bits per heavy atom. The number of hydrogen-bond donors (Lipinski definition) is 0. The number of nitrogens with zero attached hydrogens (tertiary/aromatic N) is 2. The Morgan fingerprint density at radius 2 is 1.68 bits per heavy atom. The van der Waals surface area contributed by atoms with Gasteiger partial charge in [0.25, 0.3) is 0 Å². The van der Waals surface area contributed by atoms with Gasteiger partial charge in [0.05, 0.1) is 34.5 Å². The van der Waals surface area contributed by atoms with Crippen molar-refractivity contribution in [1.29, 1.82) is 0 Å². The Labute approximate surface area is 212 Å². The SMILES string of the molecule is Clc1cc(Cl)c([C@]2(Cn3ccnc3)OC[C@@H](COc3ccc(-c4ccccc4)cc3)O2)cc1Cl. The van der Waals surface area contributed by atoms with Crippen molar-refractivity contribution in [3.63, 3.8) is 0 Å². The molecule has 1 aliphatic rings. The normalized spacial score (nSPS) is 19.9. The number of rotatable bonds is 7. The zero-order valence-corrected chi connectivity index (χ0v) is 20.3. The maximum Gasteiger partial charge on any atom is 0.215 e. The fourth-order valence-electron chi connectivity index (χ4n) is 3.95. The topological polar surface area (TPSA) is 45.5 Å². The monoisotopic (exact) mass is 514 g/mol. The zero-order valence-electron chi connectivity index (χ0n) is 18.0. The van der Waals surface area contributed by atoms with Crippen LogP contribution >= 0.6 is 34.8 Å². The third kappa shape index (κ3) is 4.95. The summed E-state index contributed by atoms with van der Waals surface area (Å²) in [5.41, 5.74) is 2.89. The summed E-state index contributed by atoms with van der Waals surface area (Å²) in [6.07, 6.45) is 4.90. The van der Waals surface area contributed by atoms with Crippen molar-refractivity contribution in [2.75, 3.05) is 13.2 Å². The molecule has 3 aromatic carbocycles. The maximum absolute atomic E-state index is 6.54. The molecule has 0 saturated carbocycles.